The Kier molecular flexibility index (Phi) is 6.62. The molecule has 0 aliphatic carbocycles. The molecule has 1 aliphatic heterocycles. The SMILES string of the molecule is O=C(CCCc1ccc(Cl)cc1)NNC(=O)CC1CCS(=O)(=O)C1. The van der Waals surface area contributed by atoms with E-state index in [0.717, 1.165) is 12.0 Å². The molecule has 132 valence electrons. The molecule has 0 aromatic heterocycles. The molecule has 1 saturated heterocycles. The Labute approximate surface area is 146 Å². The Morgan fingerprint density at radius 2 is 1.79 bits per heavy atom. The van der Waals surface area contributed by atoms with Crippen molar-refractivity contribution in [3.8, 4) is 0 Å². The monoisotopic (exact) mass is 372 g/mol. The molecule has 0 bridgehead atoms. The third kappa shape index (κ3) is 6.49. The van der Waals surface area contributed by atoms with Gasteiger partial charge in [-0.2, -0.15) is 0 Å². The highest BCUT2D eigenvalue weighted by molar-refractivity contribution is 7.91. The van der Waals surface area contributed by atoms with E-state index < -0.39 is 9.84 Å². The van der Waals surface area contributed by atoms with Gasteiger partial charge in [0.05, 0.1) is 11.5 Å². The Hall–Kier alpha value is -1.60. The third-order valence-corrected chi connectivity index (χ3v) is 6.01. The van der Waals surface area contributed by atoms with Crippen LogP contribution in [0, 0.1) is 5.92 Å². The largest absolute Gasteiger partial charge is 0.273 e. The summed E-state index contributed by atoms with van der Waals surface area (Å²) >= 11 is 5.81. The summed E-state index contributed by atoms with van der Waals surface area (Å²) in [6.45, 7) is 0. The minimum atomic E-state index is -2.99. The normalized spacial score (nSPS) is 19.0. The number of rotatable bonds is 6. The topological polar surface area (TPSA) is 92.3 Å². The van der Waals surface area contributed by atoms with E-state index in [-0.39, 0.29) is 35.7 Å². The van der Waals surface area contributed by atoms with Gasteiger partial charge in [-0.1, -0.05) is 23.7 Å². The molecule has 1 fully saturated rings. The second kappa shape index (κ2) is 8.48. The summed E-state index contributed by atoms with van der Waals surface area (Å²) in [5, 5.41) is 0.675. The predicted molar refractivity (Wildman–Crippen MR) is 92.1 cm³/mol. The lowest BCUT2D eigenvalue weighted by molar-refractivity contribution is -0.129. The second-order valence-corrected chi connectivity index (χ2v) is 8.71. The van der Waals surface area contributed by atoms with Crippen molar-refractivity contribution in [2.45, 2.75) is 32.1 Å². The molecule has 1 aliphatic rings. The fraction of sp³-hybridized carbons (Fsp3) is 0.500. The summed E-state index contributed by atoms with van der Waals surface area (Å²) in [5.74, 6) is -0.589. The summed E-state index contributed by atoms with van der Waals surface area (Å²) in [4.78, 5) is 23.4. The van der Waals surface area contributed by atoms with Gasteiger partial charge in [0.2, 0.25) is 11.8 Å². The van der Waals surface area contributed by atoms with Crippen molar-refractivity contribution < 1.29 is 18.0 Å². The van der Waals surface area contributed by atoms with Crippen LogP contribution in [0.5, 0.6) is 0 Å². The number of halogens is 1. The molecular weight excluding hydrogens is 352 g/mol. The maximum atomic E-state index is 11.7. The fourth-order valence-electron chi connectivity index (χ4n) is 2.65. The van der Waals surface area contributed by atoms with Crippen LogP contribution < -0.4 is 10.9 Å². The van der Waals surface area contributed by atoms with E-state index in [1.165, 1.54) is 0 Å². The zero-order chi connectivity index (χ0) is 17.6. The van der Waals surface area contributed by atoms with Crippen LogP contribution in [0.25, 0.3) is 0 Å². The number of sulfone groups is 1. The number of benzene rings is 1. The number of carbonyl (C=O) groups is 2. The zero-order valence-corrected chi connectivity index (χ0v) is 14.8. The summed E-state index contributed by atoms with van der Waals surface area (Å²) in [6.07, 6.45) is 2.32. The summed E-state index contributed by atoms with van der Waals surface area (Å²) in [6, 6.07) is 7.44. The van der Waals surface area contributed by atoms with E-state index in [4.69, 9.17) is 11.6 Å². The number of hydrogen-bond donors (Lipinski definition) is 2. The van der Waals surface area contributed by atoms with Gasteiger partial charge in [0.15, 0.2) is 9.84 Å². The Balaban J connectivity index is 1.60. The number of hydrazine groups is 1. The molecule has 2 rings (SSSR count). The van der Waals surface area contributed by atoms with Crippen molar-refractivity contribution in [3.63, 3.8) is 0 Å². The molecule has 1 heterocycles. The van der Waals surface area contributed by atoms with Gasteiger partial charge in [0, 0.05) is 17.9 Å². The van der Waals surface area contributed by atoms with Crippen molar-refractivity contribution in [3.05, 3.63) is 34.9 Å². The van der Waals surface area contributed by atoms with Crippen LogP contribution in [0.4, 0.5) is 0 Å². The molecule has 0 saturated carbocycles. The van der Waals surface area contributed by atoms with Crippen LogP contribution in [0.1, 0.15) is 31.2 Å². The Morgan fingerprint density at radius 3 is 2.42 bits per heavy atom. The van der Waals surface area contributed by atoms with Crippen LogP contribution >= 0.6 is 11.6 Å². The molecule has 24 heavy (non-hydrogen) atoms. The van der Waals surface area contributed by atoms with Gasteiger partial charge in [-0.05, 0) is 42.9 Å². The molecule has 1 atom stereocenters. The average Bonchev–Trinajstić information content (AvgIpc) is 2.86. The lowest BCUT2D eigenvalue weighted by atomic mass is 10.1. The highest BCUT2D eigenvalue weighted by Crippen LogP contribution is 2.21. The minimum Gasteiger partial charge on any atom is -0.273 e. The molecule has 8 heteroatoms. The number of aryl methyl sites for hydroxylation is 1. The van der Waals surface area contributed by atoms with Gasteiger partial charge >= 0.3 is 0 Å². The molecule has 6 nitrogen and oxygen atoms in total. The zero-order valence-electron chi connectivity index (χ0n) is 13.3. The number of amides is 2. The second-order valence-electron chi connectivity index (χ2n) is 6.05. The van der Waals surface area contributed by atoms with Crippen LogP contribution in [-0.4, -0.2) is 31.7 Å². The molecule has 0 spiro atoms. The van der Waals surface area contributed by atoms with E-state index in [1.54, 1.807) is 12.1 Å². The van der Waals surface area contributed by atoms with Gasteiger partial charge in [-0.25, -0.2) is 8.42 Å². The first kappa shape index (κ1) is 18.7. The van der Waals surface area contributed by atoms with Crippen LogP contribution in [0.15, 0.2) is 24.3 Å². The van der Waals surface area contributed by atoms with Gasteiger partial charge in [-0.3, -0.25) is 20.4 Å². The van der Waals surface area contributed by atoms with Gasteiger partial charge in [-0.15, -0.1) is 0 Å². The summed E-state index contributed by atoms with van der Waals surface area (Å²) in [5.41, 5.74) is 5.80. The summed E-state index contributed by atoms with van der Waals surface area (Å²) in [7, 11) is -2.99. The molecule has 2 amide bonds. The van der Waals surface area contributed by atoms with Crippen LogP contribution in [0.3, 0.4) is 0 Å². The van der Waals surface area contributed by atoms with Crippen molar-refractivity contribution in [1.29, 1.82) is 0 Å². The molecule has 2 N–H and O–H groups in total. The molecule has 1 unspecified atom stereocenters. The fourth-order valence-corrected chi connectivity index (χ4v) is 4.64. The lowest BCUT2D eigenvalue weighted by Crippen LogP contribution is -2.42. The Bertz CT molecular complexity index is 689. The van der Waals surface area contributed by atoms with Crippen molar-refractivity contribution in [1.82, 2.24) is 10.9 Å². The first-order valence-corrected chi connectivity index (χ1v) is 10.1. The summed E-state index contributed by atoms with van der Waals surface area (Å²) < 4.78 is 22.7. The third-order valence-electron chi connectivity index (χ3n) is 3.92. The van der Waals surface area contributed by atoms with Crippen LogP contribution in [-0.2, 0) is 25.8 Å². The molecular formula is C16H21ClN2O4S. The minimum absolute atomic E-state index is 0.0511. The van der Waals surface area contributed by atoms with Crippen molar-refractivity contribution in [2.75, 3.05) is 11.5 Å². The first-order valence-electron chi connectivity index (χ1n) is 7.86. The van der Waals surface area contributed by atoms with Gasteiger partial charge < -0.3 is 0 Å². The van der Waals surface area contributed by atoms with Crippen molar-refractivity contribution in [2.24, 2.45) is 5.92 Å². The maximum absolute atomic E-state index is 11.7. The smallest absolute Gasteiger partial charge is 0.238 e. The first-order chi connectivity index (χ1) is 11.3. The Morgan fingerprint density at radius 1 is 1.12 bits per heavy atom. The van der Waals surface area contributed by atoms with Crippen molar-refractivity contribution >= 4 is 33.3 Å². The molecule has 0 radical (unpaired) electrons. The predicted octanol–water partition coefficient (Wildman–Crippen LogP) is 1.63. The quantitative estimate of drug-likeness (QED) is 0.742. The highest BCUT2D eigenvalue weighted by atomic mass is 35.5. The lowest BCUT2D eigenvalue weighted by Gasteiger charge is -2.10. The average molecular weight is 373 g/mol. The highest BCUT2D eigenvalue weighted by Gasteiger charge is 2.29. The molecule has 1 aromatic rings. The van der Waals surface area contributed by atoms with Crippen LogP contribution in [0.2, 0.25) is 5.02 Å². The van der Waals surface area contributed by atoms with E-state index >= 15 is 0 Å². The van der Waals surface area contributed by atoms with E-state index in [1.807, 2.05) is 12.1 Å². The van der Waals surface area contributed by atoms with Gasteiger partial charge in [0.1, 0.15) is 0 Å². The van der Waals surface area contributed by atoms with E-state index in [9.17, 15) is 18.0 Å². The van der Waals surface area contributed by atoms with Gasteiger partial charge in [0.25, 0.3) is 0 Å². The molecule has 1 aromatic carbocycles. The number of carbonyl (C=O) groups excluding carboxylic acids is 2. The maximum Gasteiger partial charge on any atom is 0.238 e. The number of hydrogen-bond acceptors (Lipinski definition) is 4. The van der Waals surface area contributed by atoms with E-state index in [0.29, 0.717) is 24.3 Å². The van der Waals surface area contributed by atoms with E-state index in [2.05, 4.69) is 10.9 Å². The standard InChI is InChI=1S/C16H21ClN2O4S/c17-14-6-4-12(5-7-14)2-1-3-15(20)18-19-16(21)10-13-8-9-24(22,23)11-13/h4-7,13H,1-3,8-11H2,(H,18,20)(H,19,21). The number of nitrogens with one attached hydrogen (secondary N) is 2.